The molecule has 1 aromatic carbocycles. The first kappa shape index (κ1) is 22.4. The van der Waals surface area contributed by atoms with Crippen molar-refractivity contribution >= 4 is 23.5 Å². The smallest absolute Gasteiger partial charge is 0.326 e. The molecule has 1 N–H and O–H groups in total. The molecule has 2 aliphatic heterocycles. The molecule has 1 aliphatic carbocycles. The number of fused-ring (bicyclic) bond motifs is 1. The van der Waals surface area contributed by atoms with Crippen LogP contribution in [0.15, 0.2) is 53.1 Å². The van der Waals surface area contributed by atoms with E-state index in [1.54, 1.807) is 18.7 Å². The number of piperidine rings is 1. The summed E-state index contributed by atoms with van der Waals surface area (Å²) in [5, 5.41) is 7.55. The third-order valence-electron chi connectivity index (χ3n) is 6.73. The maximum atomic E-state index is 15.2. The third-order valence-corrected chi connectivity index (χ3v) is 6.73. The first-order valence-corrected chi connectivity index (χ1v) is 12.1. The second kappa shape index (κ2) is 9.18. The summed E-state index contributed by atoms with van der Waals surface area (Å²) in [6, 6.07) is 5.83. The van der Waals surface area contributed by atoms with Crippen molar-refractivity contribution in [2.45, 2.75) is 39.2 Å². The Balaban J connectivity index is 1.28. The second-order valence-electron chi connectivity index (χ2n) is 9.52. The van der Waals surface area contributed by atoms with E-state index >= 15 is 4.39 Å². The fraction of sp³-hybridized carbons (Fsp3) is 0.346. The maximum Gasteiger partial charge on any atom is 0.326 e. The molecule has 0 atom stereocenters. The predicted molar refractivity (Wildman–Crippen MR) is 136 cm³/mol. The van der Waals surface area contributed by atoms with E-state index in [2.05, 4.69) is 35.3 Å². The number of allylic oxidation sites excluding steroid dienone is 1. The molecule has 184 valence electrons. The summed E-state index contributed by atoms with van der Waals surface area (Å²) >= 11 is 0. The van der Waals surface area contributed by atoms with Crippen molar-refractivity contribution in [3.63, 3.8) is 0 Å². The lowest BCUT2D eigenvalue weighted by Crippen LogP contribution is -2.35. The van der Waals surface area contributed by atoms with E-state index in [0.29, 0.717) is 24.0 Å². The Morgan fingerprint density at radius 2 is 1.94 bits per heavy atom. The summed E-state index contributed by atoms with van der Waals surface area (Å²) in [7, 11) is 0. The van der Waals surface area contributed by atoms with Gasteiger partial charge in [0.25, 0.3) is 0 Å². The number of nitrogens with zero attached hydrogens (tertiary/aromatic N) is 7. The van der Waals surface area contributed by atoms with E-state index in [1.807, 2.05) is 42.8 Å². The molecule has 3 aliphatic rings. The highest BCUT2D eigenvalue weighted by atomic mass is 19.1. The van der Waals surface area contributed by atoms with E-state index in [4.69, 9.17) is 4.74 Å². The fourth-order valence-corrected chi connectivity index (χ4v) is 4.89. The lowest BCUT2D eigenvalue weighted by molar-refractivity contribution is 0.363. The van der Waals surface area contributed by atoms with E-state index in [0.717, 1.165) is 55.1 Å². The van der Waals surface area contributed by atoms with Crippen LogP contribution in [0.4, 0.5) is 16.0 Å². The van der Waals surface area contributed by atoms with Gasteiger partial charge >= 0.3 is 6.01 Å². The van der Waals surface area contributed by atoms with Crippen LogP contribution >= 0.6 is 0 Å². The number of ether oxygens (including phenoxy) is 1. The highest BCUT2D eigenvalue weighted by Crippen LogP contribution is 2.34. The summed E-state index contributed by atoms with van der Waals surface area (Å²) in [5.41, 5.74) is 3.84. The van der Waals surface area contributed by atoms with Gasteiger partial charge in [-0.2, -0.15) is 15.1 Å². The number of benzene rings is 1. The fourth-order valence-electron chi connectivity index (χ4n) is 4.89. The predicted octanol–water partition coefficient (Wildman–Crippen LogP) is 4.57. The molecular weight excluding hydrogens is 459 g/mol. The Hall–Kier alpha value is -4.08. The first-order chi connectivity index (χ1) is 17.5. The van der Waals surface area contributed by atoms with Crippen LogP contribution in [-0.2, 0) is 6.42 Å². The van der Waals surface area contributed by atoms with Crippen LogP contribution < -0.4 is 15.0 Å². The molecule has 9 nitrogen and oxygen atoms in total. The standard InChI is InChI=1S/C26H27FN8O/c1-16-9-18-3-4-21(25(27)20(18)10-16)36-26-32-23(31-22-11-17(2)13-29-22)12-24(33-26)34-7-5-19(6-8-34)35-15-28-14-30-35/h3-4,10-12,14-15,19H,5-9,13H2,1-2H3,(H,29,31,32,33). The molecule has 36 heavy (non-hydrogen) atoms. The van der Waals surface area contributed by atoms with Gasteiger partial charge in [0.2, 0.25) is 0 Å². The lowest BCUT2D eigenvalue weighted by Gasteiger charge is -2.32. The van der Waals surface area contributed by atoms with Gasteiger partial charge in [-0.1, -0.05) is 17.7 Å². The normalized spacial score (nSPS) is 17.5. The molecule has 4 heterocycles. The number of aliphatic imine (C=N–C) groups is 1. The molecule has 0 bridgehead atoms. The number of anilines is 2. The molecule has 0 unspecified atom stereocenters. The molecule has 1 saturated heterocycles. The van der Waals surface area contributed by atoms with Crippen LogP contribution in [0.3, 0.4) is 0 Å². The zero-order valence-corrected chi connectivity index (χ0v) is 20.3. The maximum absolute atomic E-state index is 15.2. The van der Waals surface area contributed by atoms with Crippen LogP contribution in [0.25, 0.3) is 6.08 Å². The summed E-state index contributed by atoms with van der Waals surface area (Å²) in [5.74, 6) is 1.73. The molecule has 0 spiro atoms. The van der Waals surface area contributed by atoms with Gasteiger partial charge in [0, 0.05) is 24.7 Å². The number of hydrogen-bond acceptors (Lipinski definition) is 8. The van der Waals surface area contributed by atoms with Gasteiger partial charge in [0.15, 0.2) is 11.6 Å². The second-order valence-corrected chi connectivity index (χ2v) is 9.52. The van der Waals surface area contributed by atoms with Gasteiger partial charge in [-0.15, -0.1) is 0 Å². The van der Waals surface area contributed by atoms with Gasteiger partial charge in [-0.3, -0.25) is 4.99 Å². The third kappa shape index (κ3) is 4.46. The topological polar surface area (TPSA) is 93.4 Å². The van der Waals surface area contributed by atoms with Crippen molar-refractivity contribution in [1.29, 1.82) is 0 Å². The highest BCUT2D eigenvalue weighted by molar-refractivity contribution is 6.05. The van der Waals surface area contributed by atoms with Crippen molar-refractivity contribution in [3.05, 3.63) is 65.0 Å². The zero-order valence-electron chi connectivity index (χ0n) is 20.3. The van der Waals surface area contributed by atoms with Crippen molar-refractivity contribution in [1.82, 2.24) is 24.7 Å². The molecule has 10 heteroatoms. The van der Waals surface area contributed by atoms with Gasteiger partial charge in [0.05, 0.1) is 12.6 Å². The Bertz CT molecular complexity index is 1390. The van der Waals surface area contributed by atoms with Crippen LogP contribution in [0, 0.1) is 5.82 Å². The van der Waals surface area contributed by atoms with Gasteiger partial charge in [-0.05, 0) is 56.4 Å². The van der Waals surface area contributed by atoms with E-state index < -0.39 is 0 Å². The molecule has 0 radical (unpaired) electrons. The van der Waals surface area contributed by atoms with Crippen molar-refractivity contribution in [2.75, 3.05) is 29.9 Å². The van der Waals surface area contributed by atoms with E-state index in [9.17, 15) is 0 Å². The van der Waals surface area contributed by atoms with Crippen molar-refractivity contribution < 1.29 is 9.13 Å². The zero-order chi connectivity index (χ0) is 24.6. The Labute approximate surface area is 208 Å². The number of halogens is 1. The van der Waals surface area contributed by atoms with Crippen molar-refractivity contribution in [2.24, 2.45) is 4.99 Å². The van der Waals surface area contributed by atoms with Gasteiger partial charge < -0.3 is 15.0 Å². The minimum atomic E-state index is -0.389. The quantitative estimate of drug-likeness (QED) is 0.565. The SMILES string of the molecule is CC1=CC(Nc2cc(N3CCC(n4cncn4)CC3)nc(Oc3ccc4c(c3F)C=C(C)C4)n2)=NC1. The number of rotatable bonds is 5. The van der Waals surface area contributed by atoms with Crippen LogP contribution in [-0.4, -0.2) is 50.2 Å². The van der Waals surface area contributed by atoms with Crippen molar-refractivity contribution in [3.8, 4) is 11.8 Å². The minimum absolute atomic E-state index is 0.0882. The highest BCUT2D eigenvalue weighted by Gasteiger charge is 2.24. The number of nitrogens with one attached hydrogen (secondary N) is 1. The van der Waals surface area contributed by atoms with Gasteiger partial charge in [-0.25, -0.2) is 14.1 Å². The molecule has 0 amide bonds. The average molecular weight is 487 g/mol. The average Bonchev–Trinajstić information content (AvgIpc) is 3.63. The van der Waals surface area contributed by atoms with Crippen LogP contribution in [0.2, 0.25) is 0 Å². The molecule has 1 fully saturated rings. The molecule has 6 rings (SSSR count). The Kier molecular flexibility index (Phi) is 5.71. The van der Waals surface area contributed by atoms with E-state index in [-0.39, 0.29) is 17.6 Å². The lowest BCUT2D eigenvalue weighted by atomic mass is 10.1. The molecule has 0 saturated carbocycles. The summed E-state index contributed by atoms with van der Waals surface area (Å²) < 4.78 is 23.1. The van der Waals surface area contributed by atoms with Crippen LogP contribution in [0.1, 0.15) is 43.9 Å². The van der Waals surface area contributed by atoms with E-state index in [1.165, 1.54) is 5.57 Å². The number of amidine groups is 1. The number of hydrogen-bond donors (Lipinski definition) is 1. The van der Waals surface area contributed by atoms with Crippen LogP contribution in [0.5, 0.6) is 11.8 Å². The Morgan fingerprint density at radius 3 is 2.69 bits per heavy atom. The van der Waals surface area contributed by atoms with Gasteiger partial charge in [0.1, 0.15) is 30.1 Å². The molecule has 2 aromatic heterocycles. The minimum Gasteiger partial charge on any atom is -0.421 e. The summed E-state index contributed by atoms with van der Waals surface area (Å²) in [6.07, 6.45) is 9.76. The monoisotopic (exact) mass is 486 g/mol. The summed E-state index contributed by atoms with van der Waals surface area (Å²) in [4.78, 5) is 19.9. The Morgan fingerprint density at radius 1 is 1.08 bits per heavy atom. The first-order valence-electron chi connectivity index (χ1n) is 12.1. The largest absolute Gasteiger partial charge is 0.421 e. The molecular formula is C26H27FN8O. The number of aromatic nitrogens is 5. The molecule has 3 aromatic rings. The summed E-state index contributed by atoms with van der Waals surface area (Å²) in [6.45, 7) is 6.27.